The topological polar surface area (TPSA) is 78.5 Å². The van der Waals surface area contributed by atoms with E-state index in [-0.39, 0.29) is 6.10 Å². The largest absolute Gasteiger partial charge is 0.550 e. The lowest BCUT2D eigenvalue weighted by Crippen LogP contribution is -2.46. The molecule has 3 rings (SSSR count). The van der Waals surface area contributed by atoms with Gasteiger partial charge in [-0.15, -0.1) is 0 Å². The van der Waals surface area contributed by atoms with Gasteiger partial charge in [0.05, 0.1) is 18.1 Å². The molecule has 1 aromatic carbocycles. The van der Waals surface area contributed by atoms with Crippen LogP contribution in [-0.2, 0) is 14.3 Å². The number of halogens is 1. The Morgan fingerprint density at radius 1 is 1.15 bits per heavy atom. The first-order chi connectivity index (χ1) is 9.56. The fourth-order valence-electron chi connectivity index (χ4n) is 3.07. The van der Waals surface area contributed by atoms with Crippen molar-refractivity contribution in [3.05, 3.63) is 30.1 Å². The molecule has 0 unspecified atom stereocenters. The third-order valence-electron chi connectivity index (χ3n) is 3.96. The number of amides is 1. The van der Waals surface area contributed by atoms with Gasteiger partial charge in [-0.05, 0) is 37.1 Å². The number of carbonyl (C=O) groups excluding carboxylic acids is 2. The Morgan fingerprint density at radius 2 is 1.75 bits per heavy atom. The molecule has 1 amide bonds. The van der Waals surface area contributed by atoms with Crippen molar-refractivity contribution in [1.29, 1.82) is 0 Å². The monoisotopic (exact) mass is 278 g/mol. The number of hydrogen-bond acceptors (Lipinski definition) is 4. The van der Waals surface area contributed by atoms with E-state index in [4.69, 9.17) is 4.74 Å². The SMILES string of the molecule is O=C([O-])[C@@H]1[C@H](C(=O)Nc2ccc(F)cc2)[C@@H]2CC[C@H]1O2. The smallest absolute Gasteiger partial charge is 0.230 e. The Morgan fingerprint density at radius 3 is 2.35 bits per heavy atom. The summed E-state index contributed by atoms with van der Waals surface area (Å²) in [6, 6.07) is 5.30. The highest BCUT2D eigenvalue weighted by Gasteiger charge is 2.52. The number of carboxylic acid groups (broad SMARTS) is 1. The van der Waals surface area contributed by atoms with Gasteiger partial charge < -0.3 is 20.0 Å². The van der Waals surface area contributed by atoms with Gasteiger partial charge >= 0.3 is 0 Å². The number of nitrogens with one attached hydrogen (secondary N) is 1. The summed E-state index contributed by atoms with van der Waals surface area (Å²) in [5, 5.41) is 13.8. The molecule has 2 bridgehead atoms. The maximum Gasteiger partial charge on any atom is 0.230 e. The summed E-state index contributed by atoms with van der Waals surface area (Å²) in [7, 11) is 0. The lowest BCUT2D eigenvalue weighted by atomic mass is 9.78. The molecule has 5 nitrogen and oxygen atoms in total. The fourth-order valence-corrected chi connectivity index (χ4v) is 3.07. The van der Waals surface area contributed by atoms with Gasteiger partial charge in [0.1, 0.15) is 5.82 Å². The van der Waals surface area contributed by atoms with Crippen molar-refractivity contribution in [2.75, 3.05) is 5.32 Å². The highest BCUT2D eigenvalue weighted by molar-refractivity contribution is 5.96. The maximum atomic E-state index is 12.8. The highest BCUT2D eigenvalue weighted by atomic mass is 19.1. The van der Waals surface area contributed by atoms with Gasteiger partial charge in [0.15, 0.2) is 0 Å². The van der Waals surface area contributed by atoms with E-state index in [9.17, 15) is 19.1 Å². The highest BCUT2D eigenvalue weighted by Crippen LogP contribution is 2.43. The lowest BCUT2D eigenvalue weighted by molar-refractivity contribution is -0.313. The summed E-state index contributed by atoms with van der Waals surface area (Å²) >= 11 is 0. The standard InChI is InChI=1S/C14H14FNO4/c15-7-1-3-8(4-2-7)16-13(17)11-9-5-6-10(20-9)12(11)14(18)19/h1-4,9-12H,5-6H2,(H,16,17)(H,18,19)/p-1/t9-,10+,11+,12-/m0/s1. The second-order valence-corrected chi connectivity index (χ2v) is 5.16. The Hall–Kier alpha value is -1.95. The van der Waals surface area contributed by atoms with E-state index >= 15 is 0 Å². The van der Waals surface area contributed by atoms with Gasteiger partial charge in [0.2, 0.25) is 5.91 Å². The van der Waals surface area contributed by atoms with Crippen LogP contribution in [0.3, 0.4) is 0 Å². The minimum atomic E-state index is -1.25. The number of benzene rings is 1. The number of anilines is 1. The molecular formula is C14H13FNO4-. The van der Waals surface area contributed by atoms with Crippen LogP contribution in [0, 0.1) is 17.7 Å². The number of hydrogen-bond donors (Lipinski definition) is 1. The molecule has 106 valence electrons. The van der Waals surface area contributed by atoms with E-state index in [2.05, 4.69) is 5.32 Å². The molecule has 0 radical (unpaired) electrons. The second kappa shape index (κ2) is 4.86. The lowest BCUT2D eigenvalue weighted by Gasteiger charge is -2.27. The van der Waals surface area contributed by atoms with Crippen LogP contribution in [0.15, 0.2) is 24.3 Å². The van der Waals surface area contributed by atoms with E-state index in [0.29, 0.717) is 18.5 Å². The van der Waals surface area contributed by atoms with Gasteiger partial charge in [-0.25, -0.2) is 4.39 Å². The average molecular weight is 278 g/mol. The quantitative estimate of drug-likeness (QED) is 0.863. The number of rotatable bonds is 3. The molecule has 20 heavy (non-hydrogen) atoms. The van der Waals surface area contributed by atoms with E-state index < -0.39 is 35.6 Å². The zero-order valence-electron chi connectivity index (χ0n) is 10.5. The van der Waals surface area contributed by atoms with Crippen molar-refractivity contribution >= 4 is 17.6 Å². The minimum absolute atomic E-state index is 0.372. The minimum Gasteiger partial charge on any atom is -0.550 e. The van der Waals surface area contributed by atoms with Crippen molar-refractivity contribution in [1.82, 2.24) is 0 Å². The predicted octanol–water partition coefficient (Wildman–Crippen LogP) is 0.308. The van der Waals surface area contributed by atoms with E-state index in [1.54, 1.807) is 0 Å². The number of fused-ring (bicyclic) bond motifs is 2. The molecule has 0 spiro atoms. The van der Waals surface area contributed by atoms with Crippen LogP contribution in [0.25, 0.3) is 0 Å². The Labute approximate surface area is 114 Å². The first-order valence-corrected chi connectivity index (χ1v) is 6.49. The number of carbonyl (C=O) groups is 2. The van der Waals surface area contributed by atoms with Crippen molar-refractivity contribution in [2.45, 2.75) is 25.0 Å². The van der Waals surface area contributed by atoms with E-state index in [1.807, 2.05) is 0 Å². The third kappa shape index (κ3) is 2.16. The molecule has 2 heterocycles. The predicted molar refractivity (Wildman–Crippen MR) is 64.9 cm³/mol. The summed E-state index contributed by atoms with van der Waals surface area (Å²) in [5.41, 5.74) is 0.427. The molecule has 2 aliphatic rings. The molecular weight excluding hydrogens is 265 g/mol. The Balaban J connectivity index is 1.76. The third-order valence-corrected chi connectivity index (χ3v) is 3.96. The van der Waals surface area contributed by atoms with Crippen LogP contribution in [0.5, 0.6) is 0 Å². The number of ether oxygens (including phenoxy) is 1. The fraction of sp³-hybridized carbons (Fsp3) is 0.429. The summed E-state index contributed by atoms with van der Waals surface area (Å²) in [5.74, 6) is -3.73. The molecule has 4 atom stereocenters. The van der Waals surface area contributed by atoms with Crippen LogP contribution in [0.1, 0.15) is 12.8 Å². The molecule has 2 fully saturated rings. The van der Waals surface area contributed by atoms with Crippen LogP contribution in [0.4, 0.5) is 10.1 Å². The van der Waals surface area contributed by atoms with Crippen LogP contribution >= 0.6 is 0 Å². The molecule has 0 aromatic heterocycles. The summed E-state index contributed by atoms with van der Waals surface area (Å²) in [6.07, 6.45) is 0.511. The Kier molecular flexibility index (Phi) is 3.17. The average Bonchev–Trinajstić information content (AvgIpc) is 3.01. The van der Waals surface area contributed by atoms with Crippen molar-refractivity contribution in [3.63, 3.8) is 0 Å². The van der Waals surface area contributed by atoms with Gasteiger partial charge in [-0.2, -0.15) is 0 Å². The molecule has 2 aliphatic heterocycles. The first-order valence-electron chi connectivity index (χ1n) is 6.49. The van der Waals surface area contributed by atoms with E-state index in [0.717, 1.165) is 0 Å². The molecule has 6 heteroatoms. The maximum absolute atomic E-state index is 12.8. The molecule has 1 N–H and O–H groups in total. The van der Waals surface area contributed by atoms with Gasteiger partial charge in [-0.1, -0.05) is 0 Å². The summed E-state index contributed by atoms with van der Waals surface area (Å²) in [4.78, 5) is 23.4. The molecule has 0 aliphatic carbocycles. The first kappa shape index (κ1) is 13.1. The van der Waals surface area contributed by atoms with Crippen LogP contribution in [-0.4, -0.2) is 24.1 Å². The second-order valence-electron chi connectivity index (χ2n) is 5.16. The summed E-state index contributed by atoms with van der Waals surface area (Å²) in [6.45, 7) is 0. The normalized spacial score (nSPS) is 31.2. The molecule has 0 saturated carbocycles. The van der Waals surface area contributed by atoms with Crippen molar-refractivity contribution < 1.29 is 23.8 Å². The van der Waals surface area contributed by atoms with Crippen molar-refractivity contribution in [2.24, 2.45) is 11.8 Å². The molecule has 2 saturated heterocycles. The van der Waals surface area contributed by atoms with Crippen LogP contribution < -0.4 is 10.4 Å². The zero-order chi connectivity index (χ0) is 14.3. The Bertz CT molecular complexity index is 545. The molecule has 1 aromatic rings. The van der Waals surface area contributed by atoms with Gasteiger partial charge in [-0.3, -0.25) is 4.79 Å². The summed E-state index contributed by atoms with van der Waals surface area (Å²) < 4.78 is 18.3. The van der Waals surface area contributed by atoms with Gasteiger partial charge in [0.25, 0.3) is 0 Å². The number of carboxylic acids is 1. The van der Waals surface area contributed by atoms with Gasteiger partial charge in [0, 0.05) is 17.6 Å². The zero-order valence-corrected chi connectivity index (χ0v) is 10.5. The van der Waals surface area contributed by atoms with Crippen molar-refractivity contribution in [3.8, 4) is 0 Å². The van der Waals surface area contributed by atoms with Crippen LogP contribution in [0.2, 0.25) is 0 Å². The number of aliphatic carboxylic acids is 1. The van der Waals surface area contributed by atoms with E-state index in [1.165, 1.54) is 24.3 Å².